The summed E-state index contributed by atoms with van der Waals surface area (Å²) in [4.78, 5) is 21.7. The first-order chi connectivity index (χ1) is 9.01. The zero-order chi connectivity index (χ0) is 14.3. The molecule has 2 amide bonds. The second kappa shape index (κ2) is 7.25. The lowest BCUT2D eigenvalue weighted by Crippen LogP contribution is -2.36. The average Bonchev–Trinajstić information content (AvgIpc) is 2.35. The number of amides is 2. The van der Waals surface area contributed by atoms with E-state index >= 15 is 0 Å². The number of hydrogen-bond donors (Lipinski definition) is 3. The van der Waals surface area contributed by atoms with E-state index in [-0.39, 0.29) is 19.0 Å². The molecule has 1 rings (SSSR count). The van der Waals surface area contributed by atoms with Crippen LogP contribution in [0.25, 0.3) is 0 Å². The molecule has 6 heteroatoms. The van der Waals surface area contributed by atoms with Gasteiger partial charge in [0.25, 0.3) is 0 Å². The number of benzene rings is 1. The average molecular weight is 266 g/mol. The fourth-order valence-corrected chi connectivity index (χ4v) is 1.57. The van der Waals surface area contributed by atoms with Crippen LogP contribution in [0.1, 0.15) is 17.5 Å². The van der Waals surface area contributed by atoms with Gasteiger partial charge in [0.15, 0.2) is 0 Å². The molecule has 0 fully saturated rings. The van der Waals surface area contributed by atoms with E-state index < -0.39 is 5.97 Å². The molecule has 0 radical (unpaired) electrons. The molecule has 0 unspecified atom stereocenters. The molecule has 0 aliphatic carbocycles. The van der Waals surface area contributed by atoms with Gasteiger partial charge in [-0.15, -0.1) is 0 Å². The van der Waals surface area contributed by atoms with Crippen molar-refractivity contribution in [1.29, 1.82) is 0 Å². The van der Waals surface area contributed by atoms with Crippen molar-refractivity contribution in [2.75, 3.05) is 13.7 Å². The third kappa shape index (κ3) is 5.76. The maximum atomic E-state index is 11.4. The first-order valence-electron chi connectivity index (χ1n) is 5.89. The highest BCUT2D eigenvalue weighted by Gasteiger charge is 2.03. The van der Waals surface area contributed by atoms with Crippen LogP contribution in [0.5, 0.6) is 5.75 Å². The number of carboxylic acids is 1. The Morgan fingerprint density at radius 1 is 1.26 bits per heavy atom. The van der Waals surface area contributed by atoms with Crippen molar-refractivity contribution in [3.63, 3.8) is 0 Å². The molecule has 0 aliphatic heterocycles. The molecule has 0 heterocycles. The maximum absolute atomic E-state index is 11.4. The van der Waals surface area contributed by atoms with E-state index in [1.165, 1.54) is 0 Å². The molecular formula is C13H18N2O4. The zero-order valence-corrected chi connectivity index (χ0v) is 11.0. The van der Waals surface area contributed by atoms with Crippen molar-refractivity contribution in [1.82, 2.24) is 10.6 Å². The molecular weight excluding hydrogens is 248 g/mol. The van der Waals surface area contributed by atoms with Crippen LogP contribution in [0, 0.1) is 6.92 Å². The lowest BCUT2D eigenvalue weighted by Gasteiger charge is -2.09. The third-order valence-corrected chi connectivity index (χ3v) is 2.42. The van der Waals surface area contributed by atoms with E-state index in [0.29, 0.717) is 6.54 Å². The van der Waals surface area contributed by atoms with Crippen LogP contribution in [0.3, 0.4) is 0 Å². The van der Waals surface area contributed by atoms with Gasteiger partial charge in [-0.05, 0) is 30.2 Å². The molecule has 0 atom stereocenters. The Labute approximate surface area is 111 Å². The van der Waals surface area contributed by atoms with Crippen LogP contribution in [0.2, 0.25) is 0 Å². The zero-order valence-electron chi connectivity index (χ0n) is 11.0. The van der Waals surface area contributed by atoms with Gasteiger partial charge in [-0.25, -0.2) is 4.79 Å². The summed E-state index contributed by atoms with van der Waals surface area (Å²) in [5, 5.41) is 13.6. The van der Waals surface area contributed by atoms with Crippen LogP contribution in [-0.2, 0) is 11.3 Å². The first kappa shape index (κ1) is 14.8. The van der Waals surface area contributed by atoms with Crippen molar-refractivity contribution < 1.29 is 19.4 Å². The van der Waals surface area contributed by atoms with Gasteiger partial charge in [-0.1, -0.05) is 6.07 Å². The third-order valence-electron chi connectivity index (χ3n) is 2.42. The van der Waals surface area contributed by atoms with E-state index in [2.05, 4.69) is 10.6 Å². The van der Waals surface area contributed by atoms with Crippen molar-refractivity contribution in [2.45, 2.75) is 19.9 Å². The van der Waals surface area contributed by atoms with Crippen LogP contribution in [0.15, 0.2) is 18.2 Å². The second-order valence-electron chi connectivity index (χ2n) is 4.11. The second-order valence-corrected chi connectivity index (χ2v) is 4.11. The number of methoxy groups -OCH3 is 1. The molecule has 1 aromatic rings. The minimum absolute atomic E-state index is 0.0916. The molecule has 0 bridgehead atoms. The molecule has 104 valence electrons. The SMILES string of the molecule is COc1cc(C)cc(CNC(=O)NCCC(=O)O)c1. The predicted molar refractivity (Wildman–Crippen MR) is 70.2 cm³/mol. The highest BCUT2D eigenvalue weighted by molar-refractivity contribution is 5.75. The molecule has 0 spiro atoms. The Balaban J connectivity index is 2.41. The number of nitrogens with one attached hydrogen (secondary N) is 2. The number of ether oxygens (including phenoxy) is 1. The van der Waals surface area contributed by atoms with Gasteiger partial charge in [0.05, 0.1) is 13.5 Å². The molecule has 1 aromatic carbocycles. The smallest absolute Gasteiger partial charge is 0.315 e. The van der Waals surface area contributed by atoms with Gasteiger partial charge < -0.3 is 20.5 Å². The van der Waals surface area contributed by atoms with E-state index in [1.807, 2.05) is 25.1 Å². The number of carbonyl (C=O) groups excluding carboxylic acids is 1. The summed E-state index contributed by atoms with van der Waals surface area (Å²) in [6.45, 7) is 2.41. The fraction of sp³-hybridized carbons (Fsp3) is 0.385. The number of rotatable bonds is 6. The van der Waals surface area contributed by atoms with Gasteiger partial charge in [-0.3, -0.25) is 4.79 Å². The van der Waals surface area contributed by atoms with Gasteiger partial charge in [0, 0.05) is 13.1 Å². The van der Waals surface area contributed by atoms with E-state index in [9.17, 15) is 9.59 Å². The first-order valence-corrected chi connectivity index (χ1v) is 5.89. The lowest BCUT2D eigenvalue weighted by atomic mass is 10.1. The Bertz CT molecular complexity index is 460. The van der Waals surface area contributed by atoms with Gasteiger partial charge in [0.1, 0.15) is 5.75 Å². The summed E-state index contributed by atoms with van der Waals surface area (Å²) >= 11 is 0. The highest BCUT2D eigenvalue weighted by Crippen LogP contribution is 2.16. The van der Waals surface area contributed by atoms with Crippen LogP contribution >= 0.6 is 0 Å². The quantitative estimate of drug-likeness (QED) is 0.723. The minimum Gasteiger partial charge on any atom is -0.497 e. The number of aryl methyl sites for hydroxylation is 1. The number of hydrogen-bond acceptors (Lipinski definition) is 3. The summed E-state index contributed by atoms with van der Waals surface area (Å²) in [7, 11) is 1.59. The Morgan fingerprint density at radius 2 is 2.00 bits per heavy atom. The number of carboxylic acid groups (broad SMARTS) is 1. The highest BCUT2D eigenvalue weighted by atomic mass is 16.5. The predicted octanol–water partition coefficient (Wildman–Crippen LogP) is 1.28. The molecule has 19 heavy (non-hydrogen) atoms. The van der Waals surface area contributed by atoms with Crippen molar-refractivity contribution in [3.8, 4) is 5.75 Å². The van der Waals surface area contributed by atoms with Crippen molar-refractivity contribution in [2.24, 2.45) is 0 Å². The van der Waals surface area contributed by atoms with E-state index in [1.54, 1.807) is 7.11 Å². The number of carbonyl (C=O) groups is 2. The Hall–Kier alpha value is -2.24. The standard InChI is InChI=1S/C13H18N2O4/c1-9-5-10(7-11(6-9)19-2)8-15-13(18)14-4-3-12(16)17/h5-7H,3-4,8H2,1-2H3,(H,16,17)(H2,14,15,18). The molecule has 0 saturated heterocycles. The van der Waals surface area contributed by atoms with Crippen LogP contribution in [-0.4, -0.2) is 30.8 Å². The summed E-state index contributed by atoms with van der Waals surface area (Å²) in [6.07, 6.45) is -0.0916. The number of aliphatic carboxylic acids is 1. The van der Waals surface area contributed by atoms with Crippen molar-refractivity contribution in [3.05, 3.63) is 29.3 Å². The van der Waals surface area contributed by atoms with Gasteiger partial charge in [-0.2, -0.15) is 0 Å². The summed E-state index contributed by atoms with van der Waals surface area (Å²) in [5.74, 6) is -0.202. The normalized spacial score (nSPS) is 9.79. The minimum atomic E-state index is -0.941. The molecule has 3 N–H and O–H groups in total. The molecule has 0 aliphatic rings. The largest absolute Gasteiger partial charge is 0.497 e. The Kier molecular flexibility index (Phi) is 5.66. The van der Waals surface area contributed by atoms with Crippen LogP contribution < -0.4 is 15.4 Å². The van der Waals surface area contributed by atoms with Gasteiger partial charge in [0.2, 0.25) is 0 Å². The summed E-state index contributed by atoms with van der Waals surface area (Å²) in [6, 6.07) is 5.29. The van der Waals surface area contributed by atoms with E-state index in [4.69, 9.17) is 9.84 Å². The van der Waals surface area contributed by atoms with Crippen molar-refractivity contribution >= 4 is 12.0 Å². The molecule has 6 nitrogen and oxygen atoms in total. The Morgan fingerprint density at radius 3 is 2.63 bits per heavy atom. The monoisotopic (exact) mass is 266 g/mol. The van der Waals surface area contributed by atoms with E-state index in [0.717, 1.165) is 16.9 Å². The summed E-state index contributed by atoms with van der Waals surface area (Å²) in [5.41, 5.74) is 1.97. The summed E-state index contributed by atoms with van der Waals surface area (Å²) < 4.78 is 5.14. The maximum Gasteiger partial charge on any atom is 0.315 e. The topological polar surface area (TPSA) is 87.7 Å². The van der Waals surface area contributed by atoms with Crippen LogP contribution in [0.4, 0.5) is 4.79 Å². The van der Waals surface area contributed by atoms with Gasteiger partial charge >= 0.3 is 12.0 Å². The molecule has 0 aromatic heterocycles. The number of urea groups is 1. The molecule has 0 saturated carbocycles. The lowest BCUT2D eigenvalue weighted by molar-refractivity contribution is -0.136. The fourth-order valence-electron chi connectivity index (χ4n) is 1.57.